The molecule has 2 fully saturated rings. The number of carbonyl (C=O) groups is 1. The van der Waals surface area contributed by atoms with Gasteiger partial charge in [-0.25, -0.2) is 18.2 Å². The zero-order valence-electron chi connectivity index (χ0n) is 17.0. The van der Waals surface area contributed by atoms with E-state index >= 15 is 0 Å². The van der Waals surface area contributed by atoms with Gasteiger partial charge in [0.2, 0.25) is 11.9 Å². The molecule has 0 unspecified atom stereocenters. The molecule has 2 N–H and O–H groups in total. The Morgan fingerprint density at radius 2 is 1.78 bits per heavy atom. The van der Waals surface area contributed by atoms with Crippen LogP contribution in [0.25, 0.3) is 11.0 Å². The van der Waals surface area contributed by atoms with Crippen molar-refractivity contribution in [3.05, 3.63) is 53.1 Å². The molecule has 2 saturated heterocycles. The average molecular weight is 464 g/mol. The van der Waals surface area contributed by atoms with Gasteiger partial charge < -0.3 is 15.5 Å². The van der Waals surface area contributed by atoms with E-state index in [4.69, 9.17) is 17.3 Å². The number of nitrogens with two attached hydrogens (primary N) is 1. The van der Waals surface area contributed by atoms with Crippen molar-refractivity contribution in [1.82, 2.24) is 9.55 Å². The van der Waals surface area contributed by atoms with Gasteiger partial charge in [-0.15, -0.1) is 0 Å². The van der Waals surface area contributed by atoms with Crippen LogP contribution in [0.4, 0.5) is 24.8 Å². The second kappa shape index (κ2) is 7.97. The van der Waals surface area contributed by atoms with Gasteiger partial charge in [-0.05, 0) is 37.1 Å². The molecule has 2 aliphatic heterocycles. The van der Waals surface area contributed by atoms with Gasteiger partial charge in [-0.2, -0.15) is 0 Å². The fourth-order valence-corrected chi connectivity index (χ4v) is 4.65. The zero-order chi connectivity index (χ0) is 22.6. The maximum atomic E-state index is 14.1. The highest BCUT2D eigenvalue weighted by Crippen LogP contribution is 2.36. The van der Waals surface area contributed by atoms with Gasteiger partial charge in [-0.3, -0.25) is 9.36 Å². The fourth-order valence-electron chi connectivity index (χ4n) is 4.52. The van der Waals surface area contributed by atoms with Crippen LogP contribution >= 0.6 is 11.6 Å². The zero-order valence-corrected chi connectivity index (χ0v) is 17.8. The summed E-state index contributed by atoms with van der Waals surface area (Å²) in [5, 5.41) is 0.560. The third kappa shape index (κ3) is 3.49. The molecule has 0 radical (unpaired) electrons. The van der Waals surface area contributed by atoms with Crippen LogP contribution in [0.1, 0.15) is 18.9 Å². The van der Waals surface area contributed by atoms with Crippen molar-refractivity contribution in [2.75, 3.05) is 29.4 Å². The third-order valence-corrected chi connectivity index (χ3v) is 6.45. The highest BCUT2D eigenvalue weighted by Gasteiger charge is 2.38. The summed E-state index contributed by atoms with van der Waals surface area (Å²) in [7, 11) is 0. The molecule has 10 heteroatoms. The van der Waals surface area contributed by atoms with E-state index in [2.05, 4.69) is 4.98 Å². The number of nitrogens with zero attached hydrogens (tertiary/aromatic N) is 4. The Bertz CT molecular complexity index is 1180. The smallest absolute Gasteiger partial charge is 0.250 e. The minimum Gasteiger partial charge on any atom is -0.340 e. The third-order valence-electron chi connectivity index (χ3n) is 6.19. The lowest BCUT2D eigenvalue weighted by Crippen LogP contribution is -2.50. The normalized spacial score (nSPS) is 24.0. The van der Waals surface area contributed by atoms with Gasteiger partial charge in [0.1, 0.15) is 12.2 Å². The minimum atomic E-state index is -1.13. The van der Waals surface area contributed by atoms with Gasteiger partial charge in [0.25, 0.3) is 0 Å². The Balaban J connectivity index is 1.58. The van der Waals surface area contributed by atoms with Crippen molar-refractivity contribution in [3.63, 3.8) is 0 Å². The molecule has 3 atom stereocenters. The second-order valence-electron chi connectivity index (χ2n) is 8.22. The fraction of sp³-hybridized carbons (Fsp3) is 0.364. The molecule has 3 heterocycles. The van der Waals surface area contributed by atoms with E-state index in [9.17, 15) is 18.0 Å². The van der Waals surface area contributed by atoms with Gasteiger partial charge in [-0.1, -0.05) is 11.6 Å². The maximum absolute atomic E-state index is 14.1. The standard InChI is InChI=1S/C22H21ClF3N5O/c23-12-1-3-13(4-2-12)30-8-6-19(21(30)32)31-20-10-16(26)15(25)9-18(20)28-22(31)29-7-5-14(24)17(27)11-29/h1-4,9-10,14,17,19H,5-8,11,27H2/t14-,17-,19+/m1/s1. The lowest BCUT2D eigenvalue weighted by Gasteiger charge is -2.34. The Morgan fingerprint density at radius 1 is 1.06 bits per heavy atom. The van der Waals surface area contributed by atoms with Crippen molar-refractivity contribution in [1.29, 1.82) is 0 Å². The van der Waals surface area contributed by atoms with Crippen LogP contribution in [0.5, 0.6) is 0 Å². The van der Waals surface area contributed by atoms with Crippen LogP contribution in [0.3, 0.4) is 0 Å². The number of aromatic nitrogens is 2. The number of alkyl halides is 1. The summed E-state index contributed by atoms with van der Waals surface area (Å²) in [5.41, 5.74) is 7.17. The van der Waals surface area contributed by atoms with E-state index in [0.29, 0.717) is 41.7 Å². The van der Waals surface area contributed by atoms with E-state index in [1.807, 2.05) is 0 Å². The molecule has 0 saturated carbocycles. The first kappa shape index (κ1) is 21.1. The predicted octanol–water partition coefficient (Wildman–Crippen LogP) is 3.82. The summed E-state index contributed by atoms with van der Waals surface area (Å²) >= 11 is 5.96. The van der Waals surface area contributed by atoms with Crippen LogP contribution in [0.2, 0.25) is 5.02 Å². The van der Waals surface area contributed by atoms with Crippen LogP contribution < -0.4 is 15.5 Å². The van der Waals surface area contributed by atoms with Gasteiger partial charge in [0.05, 0.1) is 17.1 Å². The summed E-state index contributed by atoms with van der Waals surface area (Å²) in [6.07, 6.45) is -0.472. The summed E-state index contributed by atoms with van der Waals surface area (Å²) in [6, 6.07) is 7.62. The van der Waals surface area contributed by atoms with Gasteiger partial charge in [0.15, 0.2) is 11.6 Å². The summed E-state index contributed by atoms with van der Waals surface area (Å²) in [4.78, 5) is 21.3. The van der Waals surface area contributed by atoms with Crippen molar-refractivity contribution in [3.8, 4) is 0 Å². The number of rotatable bonds is 3. The van der Waals surface area contributed by atoms with E-state index in [1.165, 1.54) is 0 Å². The molecule has 5 rings (SSSR count). The second-order valence-corrected chi connectivity index (χ2v) is 8.66. The van der Waals surface area contributed by atoms with Crippen LogP contribution in [-0.4, -0.2) is 47.3 Å². The largest absolute Gasteiger partial charge is 0.340 e. The quantitative estimate of drug-likeness (QED) is 0.641. The molecule has 2 aromatic carbocycles. The monoisotopic (exact) mass is 463 g/mol. The van der Waals surface area contributed by atoms with E-state index < -0.39 is 29.9 Å². The molecule has 168 valence electrons. The summed E-state index contributed by atoms with van der Waals surface area (Å²) in [5.74, 6) is -1.87. The van der Waals surface area contributed by atoms with Crippen LogP contribution in [-0.2, 0) is 4.79 Å². The predicted molar refractivity (Wildman–Crippen MR) is 117 cm³/mol. The Labute approximate surface area is 187 Å². The Hall–Kier alpha value is -2.78. The lowest BCUT2D eigenvalue weighted by atomic mass is 10.1. The summed E-state index contributed by atoms with van der Waals surface area (Å²) in [6.45, 7) is 0.974. The molecule has 1 amide bonds. The molecular formula is C22H21ClF3N5O. The summed E-state index contributed by atoms with van der Waals surface area (Å²) < 4.78 is 43.7. The Morgan fingerprint density at radius 3 is 2.50 bits per heavy atom. The Kier molecular flexibility index (Phi) is 5.25. The van der Waals surface area contributed by atoms with Gasteiger partial charge >= 0.3 is 0 Å². The minimum absolute atomic E-state index is 0.192. The van der Waals surface area contributed by atoms with E-state index in [0.717, 1.165) is 12.1 Å². The number of carbonyl (C=O) groups excluding carboxylic acids is 1. The molecule has 0 spiro atoms. The number of benzene rings is 2. The topological polar surface area (TPSA) is 67.4 Å². The van der Waals surface area contributed by atoms with Crippen molar-refractivity contribution in [2.24, 2.45) is 5.73 Å². The molecule has 6 nitrogen and oxygen atoms in total. The average Bonchev–Trinajstić information content (AvgIpc) is 3.31. The number of anilines is 2. The first-order valence-corrected chi connectivity index (χ1v) is 10.8. The number of fused-ring (bicyclic) bond motifs is 1. The number of hydrogen-bond acceptors (Lipinski definition) is 4. The first-order valence-electron chi connectivity index (χ1n) is 10.4. The number of piperidine rings is 1. The molecule has 32 heavy (non-hydrogen) atoms. The first-order chi connectivity index (χ1) is 15.3. The molecular weight excluding hydrogens is 443 g/mol. The number of halogens is 4. The van der Waals surface area contributed by atoms with Crippen LogP contribution in [0, 0.1) is 11.6 Å². The number of amides is 1. The molecule has 0 aliphatic carbocycles. The molecule has 0 bridgehead atoms. The highest BCUT2D eigenvalue weighted by atomic mass is 35.5. The number of imidazole rings is 1. The maximum Gasteiger partial charge on any atom is 0.250 e. The molecule has 3 aromatic rings. The highest BCUT2D eigenvalue weighted by molar-refractivity contribution is 6.30. The number of hydrogen-bond donors (Lipinski definition) is 1. The SMILES string of the molecule is N[C@@H]1CN(c2nc3cc(F)c(F)cc3n2[C@H]2CCN(c3ccc(Cl)cc3)C2=O)CC[C@H]1F. The molecule has 2 aliphatic rings. The van der Waals surface area contributed by atoms with Crippen molar-refractivity contribution in [2.45, 2.75) is 31.1 Å². The van der Waals surface area contributed by atoms with Crippen LogP contribution in [0.15, 0.2) is 36.4 Å². The van der Waals surface area contributed by atoms with E-state index in [-0.39, 0.29) is 24.4 Å². The molecule has 1 aromatic heterocycles. The van der Waals surface area contributed by atoms with E-state index in [1.54, 1.807) is 38.6 Å². The van der Waals surface area contributed by atoms with Crippen molar-refractivity contribution >= 4 is 40.2 Å². The lowest BCUT2D eigenvalue weighted by molar-refractivity contribution is -0.119. The van der Waals surface area contributed by atoms with Crippen molar-refractivity contribution < 1.29 is 18.0 Å². The van der Waals surface area contributed by atoms with Gasteiger partial charge in [0, 0.05) is 42.5 Å².